The van der Waals surface area contributed by atoms with Gasteiger partial charge < -0.3 is 9.31 Å². The Hall–Kier alpha value is -0.645. The molecule has 0 atom stereocenters. The van der Waals surface area contributed by atoms with Gasteiger partial charge in [-0.05, 0) is 27.7 Å². The maximum atomic E-state index is 5.85. The zero-order valence-corrected chi connectivity index (χ0v) is 9.07. The van der Waals surface area contributed by atoms with Gasteiger partial charge in [0.05, 0.1) is 22.9 Å². The van der Waals surface area contributed by atoms with Gasteiger partial charge in [0, 0.05) is 0 Å². The highest BCUT2D eigenvalue weighted by Crippen LogP contribution is 2.38. The second-order valence-corrected chi connectivity index (χ2v) is 4.68. The van der Waals surface area contributed by atoms with Crippen LogP contribution in [0.1, 0.15) is 27.7 Å². The van der Waals surface area contributed by atoms with Crippen LogP contribution in [-0.2, 0) is 9.31 Å². The molecule has 14 heavy (non-hydrogen) atoms. The van der Waals surface area contributed by atoms with E-state index in [0.29, 0.717) is 0 Å². The quantitative estimate of drug-likeness (QED) is 0.475. The number of quaternary nitrogens is 1. The van der Waals surface area contributed by atoms with Crippen LogP contribution < -0.4 is 5.43 Å². The zero-order valence-electron chi connectivity index (χ0n) is 9.07. The van der Waals surface area contributed by atoms with E-state index in [1.807, 2.05) is 33.9 Å². The second kappa shape index (κ2) is 2.92. The number of rotatable bonds is 1. The van der Waals surface area contributed by atoms with Gasteiger partial charge in [-0.15, -0.1) is 0 Å². The van der Waals surface area contributed by atoms with Gasteiger partial charge in [-0.1, -0.05) is 5.10 Å². The molecule has 4 nitrogen and oxygen atoms in total. The Morgan fingerprint density at radius 2 is 1.79 bits per heavy atom. The van der Waals surface area contributed by atoms with Gasteiger partial charge in [-0.25, -0.2) is 0 Å². The summed E-state index contributed by atoms with van der Waals surface area (Å²) in [6, 6.07) is 0. The summed E-state index contributed by atoms with van der Waals surface area (Å²) in [4.78, 5) is 0. The number of hydrogen-bond acceptors (Lipinski definition) is 3. The Morgan fingerprint density at radius 1 is 1.21 bits per heavy atom. The van der Waals surface area contributed by atoms with E-state index >= 15 is 0 Å². The van der Waals surface area contributed by atoms with Crippen molar-refractivity contribution in [3.63, 3.8) is 0 Å². The highest BCUT2D eigenvalue weighted by atomic mass is 16.7. The Bertz CT molecular complexity index is 294. The van der Waals surface area contributed by atoms with E-state index in [9.17, 15) is 0 Å². The van der Waals surface area contributed by atoms with Crippen molar-refractivity contribution in [1.82, 2.24) is 0 Å². The van der Waals surface area contributed by atoms with Crippen LogP contribution in [0.15, 0.2) is 16.8 Å². The average Bonchev–Trinajstić information content (AvgIpc) is 2.58. The highest BCUT2D eigenvalue weighted by molar-refractivity contribution is 6.60. The third-order valence-corrected chi connectivity index (χ3v) is 3.10. The number of nitrogens with zero attached hydrogens (tertiary/aromatic N) is 1. The molecular formula is C9H16BN2O2+. The van der Waals surface area contributed by atoms with Crippen molar-refractivity contribution >= 4 is 13.3 Å². The smallest absolute Gasteiger partial charge is 0.399 e. The van der Waals surface area contributed by atoms with Crippen molar-refractivity contribution in [3.8, 4) is 0 Å². The maximum absolute atomic E-state index is 5.85. The van der Waals surface area contributed by atoms with Crippen molar-refractivity contribution < 1.29 is 14.7 Å². The number of hydrogen-bond donors (Lipinski definition) is 1. The molecule has 1 saturated heterocycles. The van der Waals surface area contributed by atoms with Crippen molar-refractivity contribution in [3.05, 3.63) is 11.7 Å². The molecule has 0 aromatic heterocycles. The van der Waals surface area contributed by atoms with Crippen LogP contribution in [0.3, 0.4) is 0 Å². The van der Waals surface area contributed by atoms with Crippen molar-refractivity contribution in [2.24, 2.45) is 5.10 Å². The largest absolute Gasteiger partial charge is 0.502 e. The molecule has 1 fully saturated rings. The molecule has 5 heteroatoms. The lowest BCUT2D eigenvalue weighted by atomic mass is 9.80. The summed E-state index contributed by atoms with van der Waals surface area (Å²) in [5, 5.41) is 4.00. The van der Waals surface area contributed by atoms with Gasteiger partial charge in [0.1, 0.15) is 6.20 Å². The molecule has 0 spiro atoms. The van der Waals surface area contributed by atoms with E-state index < -0.39 is 0 Å². The molecule has 0 aromatic rings. The minimum Gasteiger partial charge on any atom is -0.399 e. The number of nitrogens with two attached hydrogens (primary N) is 1. The molecule has 2 heterocycles. The monoisotopic (exact) mass is 195 g/mol. The summed E-state index contributed by atoms with van der Waals surface area (Å²) in [7, 11) is -0.275. The first-order valence-electron chi connectivity index (χ1n) is 4.85. The Morgan fingerprint density at radius 3 is 2.21 bits per heavy atom. The van der Waals surface area contributed by atoms with E-state index in [4.69, 9.17) is 9.31 Å². The first-order valence-corrected chi connectivity index (χ1v) is 4.85. The molecular weight excluding hydrogens is 179 g/mol. The Labute approximate surface area is 84.5 Å². The summed E-state index contributed by atoms with van der Waals surface area (Å²) in [6.07, 6.45) is 3.70. The summed E-state index contributed by atoms with van der Waals surface area (Å²) in [6.45, 7) is 8.18. The van der Waals surface area contributed by atoms with Gasteiger partial charge in [-0.2, -0.15) is 5.43 Å². The fraction of sp³-hybridized carbons (Fsp3) is 0.667. The second-order valence-electron chi connectivity index (χ2n) is 4.68. The molecule has 2 aliphatic rings. The van der Waals surface area contributed by atoms with Crippen molar-refractivity contribution in [1.29, 1.82) is 0 Å². The highest BCUT2D eigenvalue weighted by Gasteiger charge is 2.52. The fourth-order valence-corrected chi connectivity index (χ4v) is 1.42. The van der Waals surface area contributed by atoms with Crippen LogP contribution >= 0.6 is 0 Å². The first-order chi connectivity index (χ1) is 6.42. The normalized spacial score (nSPS) is 28.3. The topological polar surface area (TPSA) is 47.4 Å². The molecule has 0 bridgehead atoms. The fourth-order valence-electron chi connectivity index (χ4n) is 1.42. The Kier molecular flexibility index (Phi) is 2.06. The molecule has 0 aromatic carbocycles. The lowest BCUT2D eigenvalue weighted by Crippen LogP contribution is -2.69. The van der Waals surface area contributed by atoms with Gasteiger partial charge in [-0.3, -0.25) is 0 Å². The summed E-state index contributed by atoms with van der Waals surface area (Å²) >= 11 is 0. The van der Waals surface area contributed by atoms with Crippen LogP contribution in [-0.4, -0.2) is 24.5 Å². The molecule has 0 amide bonds. The third-order valence-electron chi connectivity index (χ3n) is 3.10. The van der Waals surface area contributed by atoms with E-state index in [2.05, 4.69) is 5.10 Å². The standard InChI is InChI=1S/C9H15BN2O2/c1-8(2)9(3,4)14-10(13-8)7-5-11-12-6-7/h5-6H,1-4H3,(H,11,12)/p+1. The number of allylic oxidation sites excluding steroid dienone is 1. The van der Waals surface area contributed by atoms with Crippen LogP contribution in [0.25, 0.3) is 0 Å². The Balaban J connectivity index is 2.17. The van der Waals surface area contributed by atoms with E-state index in [0.717, 1.165) is 5.47 Å². The molecule has 2 N–H and O–H groups in total. The molecule has 0 radical (unpaired) electrons. The predicted octanol–water partition coefficient (Wildman–Crippen LogP) is 0.0645. The van der Waals surface area contributed by atoms with Gasteiger partial charge >= 0.3 is 7.12 Å². The lowest BCUT2D eigenvalue weighted by Gasteiger charge is -2.32. The van der Waals surface area contributed by atoms with Crippen LogP contribution in [0.2, 0.25) is 0 Å². The molecule has 0 saturated carbocycles. The van der Waals surface area contributed by atoms with E-state index in [1.165, 1.54) is 0 Å². The van der Waals surface area contributed by atoms with Crippen molar-refractivity contribution in [2.75, 3.05) is 0 Å². The van der Waals surface area contributed by atoms with Gasteiger partial charge in [0.25, 0.3) is 0 Å². The molecule has 2 rings (SSSR count). The lowest BCUT2D eigenvalue weighted by molar-refractivity contribution is -0.590. The van der Waals surface area contributed by atoms with Crippen LogP contribution in [0.5, 0.6) is 0 Å². The maximum Gasteiger partial charge on any atom is 0.502 e. The van der Waals surface area contributed by atoms with Crippen molar-refractivity contribution in [2.45, 2.75) is 38.9 Å². The average molecular weight is 195 g/mol. The molecule has 2 aliphatic heterocycles. The minimum absolute atomic E-state index is 0.269. The molecule has 0 aliphatic carbocycles. The van der Waals surface area contributed by atoms with Gasteiger partial charge in [0.2, 0.25) is 0 Å². The van der Waals surface area contributed by atoms with Gasteiger partial charge in [0.15, 0.2) is 0 Å². The first kappa shape index (κ1) is 9.89. The summed E-state index contributed by atoms with van der Waals surface area (Å²) < 4.78 is 11.7. The third kappa shape index (κ3) is 1.41. The molecule has 76 valence electrons. The van der Waals surface area contributed by atoms with Crippen LogP contribution in [0.4, 0.5) is 0 Å². The predicted molar refractivity (Wildman–Crippen MR) is 54.6 cm³/mol. The zero-order chi connectivity index (χ0) is 10.4. The molecule has 0 unspecified atom stereocenters. The van der Waals surface area contributed by atoms with Crippen LogP contribution in [0, 0.1) is 0 Å². The van der Waals surface area contributed by atoms with E-state index in [1.54, 1.807) is 11.6 Å². The SMILES string of the molecule is CC1(C)OB(C2=C[NH2+]N=C2)OC1(C)C. The summed E-state index contributed by atoms with van der Waals surface area (Å²) in [5.41, 5.74) is 2.20. The van der Waals surface area contributed by atoms with E-state index in [-0.39, 0.29) is 18.3 Å². The minimum atomic E-state index is -0.275. The summed E-state index contributed by atoms with van der Waals surface area (Å²) in [5.74, 6) is 0.